The van der Waals surface area contributed by atoms with E-state index in [-0.39, 0.29) is 0 Å². The van der Waals surface area contributed by atoms with Gasteiger partial charge in [0.05, 0.1) is 5.02 Å². The first-order chi connectivity index (χ1) is 8.66. The van der Waals surface area contributed by atoms with Crippen LogP contribution in [0.2, 0.25) is 10.0 Å². The van der Waals surface area contributed by atoms with Crippen LogP contribution in [0.4, 0.5) is 5.82 Å². The zero-order valence-electron chi connectivity index (χ0n) is 9.27. The third-order valence-corrected chi connectivity index (χ3v) is 3.27. The van der Waals surface area contributed by atoms with Gasteiger partial charge in [0.25, 0.3) is 0 Å². The molecule has 0 saturated heterocycles. The number of nitrogens with two attached hydrogens (primary N) is 1. The maximum Gasteiger partial charge on any atom is 0.157 e. The molecule has 0 radical (unpaired) electrons. The van der Waals surface area contributed by atoms with Crippen LogP contribution in [-0.2, 0) is 0 Å². The summed E-state index contributed by atoms with van der Waals surface area (Å²) in [6.45, 7) is 0. The first kappa shape index (κ1) is 11.4. The predicted octanol–water partition coefficient (Wildman–Crippen LogP) is 3.89. The molecule has 1 aromatic carbocycles. The normalized spacial score (nSPS) is 11.0. The molecule has 0 amide bonds. The van der Waals surface area contributed by atoms with Gasteiger partial charge in [0.2, 0.25) is 0 Å². The summed E-state index contributed by atoms with van der Waals surface area (Å²) < 4.78 is 1.76. The zero-order chi connectivity index (χ0) is 12.7. The number of hydrogen-bond acceptors (Lipinski definition) is 2. The van der Waals surface area contributed by atoms with Crippen LogP contribution >= 0.6 is 23.2 Å². The molecule has 3 rings (SSSR count). The van der Waals surface area contributed by atoms with Crippen LogP contribution in [0.5, 0.6) is 0 Å². The number of nitrogens with zero attached hydrogens (tertiary/aromatic N) is 2. The van der Waals surface area contributed by atoms with E-state index in [2.05, 4.69) is 4.98 Å². The highest BCUT2D eigenvalue weighted by atomic mass is 35.5. The standard InChI is InChI=1S/C13H9Cl2N3/c14-9-4-1-3-8(7-9)11-12(16)18-6-2-5-10(15)13(18)17-11/h1-7H,16H2. The SMILES string of the molecule is Nc1c(-c2cccc(Cl)c2)nc2c(Cl)cccn12. The fourth-order valence-electron chi connectivity index (χ4n) is 1.90. The smallest absolute Gasteiger partial charge is 0.157 e. The molecule has 0 unspecified atom stereocenters. The summed E-state index contributed by atoms with van der Waals surface area (Å²) in [7, 11) is 0. The minimum atomic E-state index is 0.551. The van der Waals surface area contributed by atoms with Crippen LogP contribution < -0.4 is 5.73 Å². The lowest BCUT2D eigenvalue weighted by molar-refractivity contribution is 1.20. The monoisotopic (exact) mass is 277 g/mol. The lowest BCUT2D eigenvalue weighted by Gasteiger charge is -1.99. The number of pyridine rings is 1. The van der Waals surface area contributed by atoms with Gasteiger partial charge in [0, 0.05) is 16.8 Å². The second-order valence-electron chi connectivity index (χ2n) is 3.91. The summed E-state index contributed by atoms with van der Waals surface area (Å²) in [6, 6.07) is 11.0. The molecule has 0 aliphatic rings. The van der Waals surface area contributed by atoms with Crippen LogP contribution in [0.15, 0.2) is 42.6 Å². The summed E-state index contributed by atoms with van der Waals surface area (Å²) in [5.41, 5.74) is 8.29. The van der Waals surface area contributed by atoms with Crippen molar-refractivity contribution >= 4 is 34.7 Å². The molecule has 2 N–H and O–H groups in total. The quantitative estimate of drug-likeness (QED) is 0.733. The molecule has 0 bridgehead atoms. The predicted molar refractivity (Wildman–Crippen MR) is 75.1 cm³/mol. The first-order valence-electron chi connectivity index (χ1n) is 5.35. The lowest BCUT2D eigenvalue weighted by atomic mass is 10.1. The van der Waals surface area contributed by atoms with Gasteiger partial charge in [-0.1, -0.05) is 35.3 Å². The fraction of sp³-hybridized carbons (Fsp3) is 0. The van der Waals surface area contributed by atoms with Crippen LogP contribution in [0.25, 0.3) is 16.9 Å². The number of halogens is 2. The number of aromatic nitrogens is 2. The molecule has 3 aromatic rings. The van der Waals surface area contributed by atoms with Gasteiger partial charge in [-0.2, -0.15) is 0 Å². The van der Waals surface area contributed by atoms with Crippen LogP contribution in [0, 0.1) is 0 Å². The summed E-state index contributed by atoms with van der Waals surface area (Å²) in [5.74, 6) is 0.551. The molecule has 3 nitrogen and oxygen atoms in total. The highest BCUT2D eigenvalue weighted by Gasteiger charge is 2.13. The highest BCUT2D eigenvalue weighted by molar-refractivity contribution is 6.33. The molecular formula is C13H9Cl2N3. The summed E-state index contributed by atoms with van der Waals surface area (Å²) >= 11 is 12.1. The van der Waals surface area contributed by atoms with Gasteiger partial charge >= 0.3 is 0 Å². The fourth-order valence-corrected chi connectivity index (χ4v) is 2.30. The second kappa shape index (κ2) is 4.19. The third-order valence-electron chi connectivity index (χ3n) is 2.74. The largest absolute Gasteiger partial charge is 0.383 e. The summed E-state index contributed by atoms with van der Waals surface area (Å²) in [5, 5.41) is 1.22. The Labute approximate surface area is 114 Å². The van der Waals surface area contributed by atoms with Gasteiger partial charge in [0.1, 0.15) is 11.5 Å². The van der Waals surface area contributed by atoms with Gasteiger partial charge < -0.3 is 5.73 Å². The molecule has 0 fully saturated rings. The summed E-state index contributed by atoms with van der Waals surface area (Å²) in [6.07, 6.45) is 1.83. The Morgan fingerprint density at radius 1 is 1.11 bits per heavy atom. The van der Waals surface area contributed by atoms with Crippen LogP contribution in [0.1, 0.15) is 0 Å². The number of fused-ring (bicyclic) bond motifs is 1. The van der Waals surface area contributed by atoms with Gasteiger partial charge in [-0.15, -0.1) is 0 Å². The Kier molecular flexibility index (Phi) is 2.65. The van der Waals surface area contributed by atoms with Crippen molar-refractivity contribution < 1.29 is 0 Å². The molecule has 0 aliphatic heterocycles. The van der Waals surface area contributed by atoms with E-state index in [1.54, 1.807) is 10.5 Å². The molecule has 2 aromatic heterocycles. The van der Waals surface area contributed by atoms with Gasteiger partial charge in [-0.3, -0.25) is 4.40 Å². The molecule has 0 saturated carbocycles. The van der Waals surface area contributed by atoms with Crippen molar-refractivity contribution in [3.8, 4) is 11.3 Å². The maximum atomic E-state index is 6.10. The number of nitrogen functional groups attached to an aromatic ring is 1. The molecule has 90 valence electrons. The molecule has 0 aliphatic carbocycles. The Morgan fingerprint density at radius 3 is 2.67 bits per heavy atom. The first-order valence-corrected chi connectivity index (χ1v) is 6.10. The van der Waals surface area contributed by atoms with Crippen LogP contribution in [-0.4, -0.2) is 9.38 Å². The number of imidazole rings is 1. The van der Waals surface area contributed by atoms with Gasteiger partial charge in [0.15, 0.2) is 5.65 Å². The van der Waals surface area contributed by atoms with E-state index in [9.17, 15) is 0 Å². The van der Waals surface area contributed by atoms with E-state index in [4.69, 9.17) is 28.9 Å². The average Bonchev–Trinajstić information content (AvgIpc) is 2.69. The summed E-state index contributed by atoms with van der Waals surface area (Å²) in [4.78, 5) is 4.47. The van der Waals surface area contributed by atoms with E-state index in [1.165, 1.54) is 0 Å². The minimum Gasteiger partial charge on any atom is -0.383 e. The van der Waals surface area contributed by atoms with E-state index >= 15 is 0 Å². The van der Waals surface area contributed by atoms with Crippen molar-refractivity contribution in [3.05, 3.63) is 52.6 Å². The van der Waals surface area contributed by atoms with Crippen molar-refractivity contribution in [2.75, 3.05) is 5.73 Å². The minimum absolute atomic E-state index is 0.551. The number of hydrogen-bond donors (Lipinski definition) is 1. The Bertz CT molecular complexity index is 734. The van der Waals surface area contributed by atoms with Crippen molar-refractivity contribution in [1.29, 1.82) is 0 Å². The van der Waals surface area contributed by atoms with Crippen molar-refractivity contribution in [1.82, 2.24) is 9.38 Å². The maximum absolute atomic E-state index is 6.10. The molecular weight excluding hydrogens is 269 g/mol. The van der Waals surface area contributed by atoms with Crippen molar-refractivity contribution in [2.24, 2.45) is 0 Å². The number of benzene rings is 1. The van der Waals surface area contributed by atoms with E-state index < -0.39 is 0 Å². The lowest BCUT2D eigenvalue weighted by Crippen LogP contribution is -1.93. The van der Waals surface area contributed by atoms with Gasteiger partial charge in [-0.05, 0) is 24.3 Å². The van der Waals surface area contributed by atoms with Crippen molar-refractivity contribution in [2.45, 2.75) is 0 Å². The Balaban J connectivity index is 2.30. The Hall–Kier alpha value is -1.71. The third kappa shape index (κ3) is 1.72. The zero-order valence-corrected chi connectivity index (χ0v) is 10.8. The topological polar surface area (TPSA) is 43.3 Å². The molecule has 0 spiro atoms. The van der Waals surface area contributed by atoms with E-state index in [1.807, 2.05) is 36.5 Å². The number of rotatable bonds is 1. The molecule has 5 heteroatoms. The van der Waals surface area contributed by atoms with Gasteiger partial charge in [-0.25, -0.2) is 4.98 Å². The van der Waals surface area contributed by atoms with E-state index in [0.717, 1.165) is 5.56 Å². The van der Waals surface area contributed by atoms with E-state index in [0.29, 0.717) is 27.2 Å². The average molecular weight is 278 g/mol. The van der Waals surface area contributed by atoms with Crippen LogP contribution in [0.3, 0.4) is 0 Å². The second-order valence-corrected chi connectivity index (χ2v) is 4.75. The molecule has 18 heavy (non-hydrogen) atoms. The molecule has 2 heterocycles. The van der Waals surface area contributed by atoms with Crippen molar-refractivity contribution in [3.63, 3.8) is 0 Å². The Morgan fingerprint density at radius 2 is 1.94 bits per heavy atom. The molecule has 0 atom stereocenters. The highest BCUT2D eigenvalue weighted by Crippen LogP contribution is 2.30. The number of anilines is 1.